The smallest absolute Gasteiger partial charge is 0.146 e. The van der Waals surface area contributed by atoms with E-state index in [9.17, 15) is 4.39 Å². The zero-order chi connectivity index (χ0) is 11.9. The Hall–Kier alpha value is -1.09. The molecule has 0 saturated heterocycles. The molecule has 1 aliphatic rings. The van der Waals surface area contributed by atoms with Gasteiger partial charge in [-0.1, -0.05) is 25.0 Å². The van der Waals surface area contributed by atoms with Crippen molar-refractivity contribution < 1.29 is 9.13 Å². The Morgan fingerprint density at radius 1 is 1.24 bits per heavy atom. The van der Waals surface area contributed by atoms with Crippen LogP contribution in [0.5, 0.6) is 0 Å². The number of para-hydroxylation sites is 1. The molecular formula is C14H20FNO. The normalized spacial score (nSPS) is 16.3. The van der Waals surface area contributed by atoms with Crippen LogP contribution in [0.3, 0.4) is 0 Å². The molecule has 0 heterocycles. The highest BCUT2D eigenvalue weighted by atomic mass is 19.1. The van der Waals surface area contributed by atoms with E-state index in [0.717, 1.165) is 12.5 Å². The molecule has 1 saturated carbocycles. The number of rotatable bonds is 6. The van der Waals surface area contributed by atoms with Crippen LogP contribution in [-0.4, -0.2) is 19.8 Å². The fraction of sp³-hybridized carbons (Fsp3) is 0.571. The average molecular weight is 237 g/mol. The van der Waals surface area contributed by atoms with Gasteiger partial charge in [-0.25, -0.2) is 4.39 Å². The molecular weight excluding hydrogens is 217 g/mol. The van der Waals surface area contributed by atoms with Gasteiger partial charge >= 0.3 is 0 Å². The molecule has 0 aliphatic heterocycles. The Labute approximate surface area is 102 Å². The predicted octanol–water partition coefficient (Wildman–Crippen LogP) is 3.44. The summed E-state index contributed by atoms with van der Waals surface area (Å²) in [6, 6.07) is 6.72. The second-order valence-electron chi connectivity index (χ2n) is 4.63. The molecule has 0 radical (unpaired) electrons. The molecule has 1 aromatic rings. The first-order valence-corrected chi connectivity index (χ1v) is 6.42. The van der Waals surface area contributed by atoms with Gasteiger partial charge in [0.05, 0.1) is 12.3 Å². The minimum atomic E-state index is -0.205. The van der Waals surface area contributed by atoms with Crippen molar-refractivity contribution in [3.63, 3.8) is 0 Å². The summed E-state index contributed by atoms with van der Waals surface area (Å²) in [6.45, 7) is 2.16. The molecule has 0 amide bonds. The highest BCUT2D eigenvalue weighted by Gasteiger charge is 2.14. The minimum absolute atomic E-state index is 0.205. The second kappa shape index (κ2) is 6.60. The fourth-order valence-electron chi connectivity index (χ4n) is 2.29. The van der Waals surface area contributed by atoms with Crippen LogP contribution in [0.4, 0.5) is 10.1 Å². The summed E-state index contributed by atoms with van der Waals surface area (Å²) in [4.78, 5) is 0. The number of benzene rings is 1. The first-order chi connectivity index (χ1) is 8.36. The van der Waals surface area contributed by atoms with E-state index < -0.39 is 0 Å². The van der Waals surface area contributed by atoms with Crippen molar-refractivity contribution in [2.45, 2.75) is 25.7 Å². The first-order valence-electron chi connectivity index (χ1n) is 6.42. The SMILES string of the molecule is Fc1ccccc1NCCOCC1CCCC1. The van der Waals surface area contributed by atoms with Crippen molar-refractivity contribution in [3.8, 4) is 0 Å². The minimum Gasteiger partial charge on any atom is -0.380 e. The zero-order valence-corrected chi connectivity index (χ0v) is 10.1. The van der Waals surface area contributed by atoms with Gasteiger partial charge in [0.25, 0.3) is 0 Å². The van der Waals surface area contributed by atoms with Crippen molar-refractivity contribution in [3.05, 3.63) is 30.1 Å². The lowest BCUT2D eigenvalue weighted by Gasteiger charge is -2.11. The average Bonchev–Trinajstić information content (AvgIpc) is 2.84. The number of anilines is 1. The highest BCUT2D eigenvalue weighted by Crippen LogP contribution is 2.24. The molecule has 3 heteroatoms. The van der Waals surface area contributed by atoms with Crippen LogP contribution in [0.15, 0.2) is 24.3 Å². The molecule has 0 bridgehead atoms. The molecule has 0 unspecified atom stereocenters. The maximum Gasteiger partial charge on any atom is 0.146 e. The van der Waals surface area contributed by atoms with Gasteiger partial charge in [-0.05, 0) is 30.9 Å². The Morgan fingerprint density at radius 2 is 2.00 bits per heavy atom. The van der Waals surface area contributed by atoms with E-state index in [1.165, 1.54) is 31.7 Å². The number of ether oxygens (including phenoxy) is 1. The lowest BCUT2D eigenvalue weighted by Crippen LogP contribution is -2.13. The number of hydrogen-bond acceptors (Lipinski definition) is 2. The first kappa shape index (κ1) is 12.4. The standard InChI is InChI=1S/C14H20FNO/c15-13-7-3-4-8-14(13)16-9-10-17-11-12-5-1-2-6-12/h3-4,7-8,12,16H,1-2,5-6,9-11H2. The second-order valence-corrected chi connectivity index (χ2v) is 4.63. The van der Waals surface area contributed by atoms with Gasteiger partial charge in [-0.3, -0.25) is 0 Å². The quantitative estimate of drug-likeness (QED) is 0.765. The van der Waals surface area contributed by atoms with Gasteiger partial charge in [0, 0.05) is 13.2 Å². The summed E-state index contributed by atoms with van der Waals surface area (Å²) in [6.07, 6.45) is 5.31. The van der Waals surface area contributed by atoms with Crippen molar-refractivity contribution >= 4 is 5.69 Å². The summed E-state index contributed by atoms with van der Waals surface area (Å²) >= 11 is 0. The Kier molecular flexibility index (Phi) is 4.80. The van der Waals surface area contributed by atoms with Gasteiger partial charge < -0.3 is 10.1 Å². The van der Waals surface area contributed by atoms with Crippen molar-refractivity contribution in [2.75, 3.05) is 25.1 Å². The third-order valence-electron chi connectivity index (χ3n) is 3.26. The van der Waals surface area contributed by atoms with Crippen LogP contribution in [0, 0.1) is 11.7 Å². The monoisotopic (exact) mass is 237 g/mol. The summed E-state index contributed by atoms with van der Waals surface area (Å²) in [5.74, 6) is 0.548. The molecule has 1 N–H and O–H groups in total. The summed E-state index contributed by atoms with van der Waals surface area (Å²) in [7, 11) is 0. The van der Waals surface area contributed by atoms with Gasteiger partial charge in [-0.2, -0.15) is 0 Å². The summed E-state index contributed by atoms with van der Waals surface area (Å²) < 4.78 is 18.8. The molecule has 0 aromatic heterocycles. The topological polar surface area (TPSA) is 21.3 Å². The van der Waals surface area contributed by atoms with E-state index in [2.05, 4.69) is 5.32 Å². The van der Waals surface area contributed by atoms with Gasteiger partial charge in [-0.15, -0.1) is 0 Å². The predicted molar refractivity (Wildman–Crippen MR) is 67.7 cm³/mol. The molecule has 1 aromatic carbocycles. The molecule has 0 atom stereocenters. The number of hydrogen-bond donors (Lipinski definition) is 1. The van der Waals surface area contributed by atoms with E-state index in [1.807, 2.05) is 6.07 Å². The van der Waals surface area contributed by atoms with E-state index in [-0.39, 0.29) is 5.82 Å². The fourth-order valence-corrected chi connectivity index (χ4v) is 2.29. The van der Waals surface area contributed by atoms with Gasteiger partial charge in [0.15, 0.2) is 0 Å². The molecule has 94 valence electrons. The lowest BCUT2D eigenvalue weighted by molar-refractivity contribution is 0.109. The van der Waals surface area contributed by atoms with Crippen LogP contribution in [0.2, 0.25) is 0 Å². The molecule has 2 rings (SSSR count). The third kappa shape index (κ3) is 4.00. The van der Waals surface area contributed by atoms with Crippen LogP contribution in [-0.2, 0) is 4.74 Å². The van der Waals surface area contributed by atoms with Crippen LogP contribution in [0.1, 0.15) is 25.7 Å². The van der Waals surface area contributed by atoms with Crippen LogP contribution >= 0.6 is 0 Å². The Balaban J connectivity index is 1.58. The summed E-state index contributed by atoms with van der Waals surface area (Å²) in [5.41, 5.74) is 0.553. The maximum absolute atomic E-state index is 13.2. The van der Waals surface area contributed by atoms with Crippen molar-refractivity contribution in [1.82, 2.24) is 0 Å². The molecule has 0 spiro atoms. The maximum atomic E-state index is 13.2. The van der Waals surface area contributed by atoms with E-state index in [0.29, 0.717) is 18.8 Å². The van der Waals surface area contributed by atoms with E-state index in [4.69, 9.17) is 4.74 Å². The third-order valence-corrected chi connectivity index (χ3v) is 3.26. The van der Waals surface area contributed by atoms with Crippen molar-refractivity contribution in [2.24, 2.45) is 5.92 Å². The molecule has 1 aliphatic carbocycles. The molecule has 2 nitrogen and oxygen atoms in total. The van der Waals surface area contributed by atoms with E-state index >= 15 is 0 Å². The molecule has 17 heavy (non-hydrogen) atoms. The van der Waals surface area contributed by atoms with Crippen molar-refractivity contribution in [1.29, 1.82) is 0 Å². The van der Waals surface area contributed by atoms with Gasteiger partial charge in [0.1, 0.15) is 5.82 Å². The highest BCUT2D eigenvalue weighted by molar-refractivity contribution is 5.44. The van der Waals surface area contributed by atoms with Crippen LogP contribution < -0.4 is 5.32 Å². The number of nitrogens with one attached hydrogen (secondary N) is 1. The van der Waals surface area contributed by atoms with Gasteiger partial charge in [0.2, 0.25) is 0 Å². The number of halogens is 1. The zero-order valence-electron chi connectivity index (χ0n) is 10.1. The van der Waals surface area contributed by atoms with Crippen LogP contribution in [0.25, 0.3) is 0 Å². The Bertz CT molecular complexity index is 337. The summed E-state index contributed by atoms with van der Waals surface area (Å²) in [5, 5.41) is 3.04. The lowest BCUT2D eigenvalue weighted by atomic mass is 10.1. The molecule has 1 fully saturated rings. The largest absolute Gasteiger partial charge is 0.380 e. The Morgan fingerprint density at radius 3 is 2.76 bits per heavy atom. The van der Waals surface area contributed by atoms with E-state index in [1.54, 1.807) is 12.1 Å².